The molecule has 1 heterocycles. The fourth-order valence-electron chi connectivity index (χ4n) is 2.11. The van der Waals surface area contributed by atoms with Gasteiger partial charge in [-0.3, -0.25) is 0 Å². The van der Waals surface area contributed by atoms with E-state index in [1.54, 1.807) is 6.20 Å². The molecule has 1 N–H and O–H groups in total. The number of rotatable bonds is 3. The summed E-state index contributed by atoms with van der Waals surface area (Å²) in [6, 6.07) is 12.5. The molecule has 1 aromatic heterocycles. The lowest BCUT2D eigenvalue weighted by molar-refractivity contribution is 0.714. The van der Waals surface area contributed by atoms with Crippen LogP contribution >= 0.6 is 15.9 Å². The third-order valence-electron chi connectivity index (χ3n) is 3.01. The van der Waals surface area contributed by atoms with Crippen LogP contribution in [0.5, 0.6) is 0 Å². The second-order valence-electron chi connectivity index (χ2n) is 4.34. The van der Waals surface area contributed by atoms with Crippen LogP contribution in [0.4, 0.5) is 0 Å². The minimum atomic E-state index is 0.741. The van der Waals surface area contributed by atoms with Gasteiger partial charge in [-0.25, -0.2) is 4.68 Å². The van der Waals surface area contributed by atoms with Gasteiger partial charge in [-0.1, -0.05) is 33.3 Å². The standard InChI is InChI=1S/C14H13BrN4/c1-16-8-14-9-17-18-19(14)13-5-3-10-6-12(15)4-2-11(10)7-13/h2-7,9,16H,8H2,1H3. The summed E-state index contributed by atoms with van der Waals surface area (Å²) in [7, 11) is 1.91. The van der Waals surface area contributed by atoms with Crippen molar-refractivity contribution in [1.82, 2.24) is 20.3 Å². The van der Waals surface area contributed by atoms with Gasteiger partial charge in [0.05, 0.1) is 17.6 Å². The van der Waals surface area contributed by atoms with Crippen LogP contribution in [0.1, 0.15) is 5.69 Å². The Hall–Kier alpha value is -1.72. The summed E-state index contributed by atoms with van der Waals surface area (Å²) in [5.41, 5.74) is 2.07. The fraction of sp³-hybridized carbons (Fsp3) is 0.143. The molecule has 3 aromatic rings. The van der Waals surface area contributed by atoms with Gasteiger partial charge < -0.3 is 5.32 Å². The molecule has 4 nitrogen and oxygen atoms in total. The predicted octanol–water partition coefficient (Wildman–Crippen LogP) is 2.90. The number of hydrogen-bond donors (Lipinski definition) is 1. The number of halogens is 1. The molecular formula is C14H13BrN4. The number of nitrogens with zero attached hydrogens (tertiary/aromatic N) is 3. The Bertz CT molecular complexity index is 720. The van der Waals surface area contributed by atoms with Crippen molar-refractivity contribution in [2.45, 2.75) is 6.54 Å². The molecule has 0 unspecified atom stereocenters. The van der Waals surface area contributed by atoms with Gasteiger partial charge in [-0.2, -0.15) is 0 Å². The predicted molar refractivity (Wildman–Crippen MR) is 79.3 cm³/mol. The van der Waals surface area contributed by atoms with E-state index in [0.717, 1.165) is 22.4 Å². The van der Waals surface area contributed by atoms with Crippen molar-refractivity contribution in [3.63, 3.8) is 0 Å². The van der Waals surface area contributed by atoms with Crippen molar-refractivity contribution in [1.29, 1.82) is 0 Å². The van der Waals surface area contributed by atoms with Crippen LogP contribution in [0.25, 0.3) is 16.5 Å². The molecule has 0 aliphatic rings. The Balaban J connectivity index is 2.10. The quantitative estimate of drug-likeness (QED) is 0.808. The molecule has 0 saturated heterocycles. The molecule has 0 saturated carbocycles. The van der Waals surface area contributed by atoms with Crippen LogP contribution in [0.15, 0.2) is 47.1 Å². The summed E-state index contributed by atoms with van der Waals surface area (Å²) in [5, 5.41) is 13.6. The molecule has 0 fully saturated rings. The van der Waals surface area contributed by atoms with E-state index < -0.39 is 0 Å². The van der Waals surface area contributed by atoms with Crippen LogP contribution in [0.2, 0.25) is 0 Å². The Morgan fingerprint density at radius 3 is 2.79 bits per heavy atom. The molecule has 5 heteroatoms. The molecule has 96 valence electrons. The zero-order valence-electron chi connectivity index (χ0n) is 10.5. The molecule has 3 rings (SSSR count). The molecular weight excluding hydrogens is 304 g/mol. The van der Waals surface area contributed by atoms with Crippen molar-refractivity contribution in [2.24, 2.45) is 0 Å². The first kappa shape index (κ1) is 12.3. The number of fused-ring (bicyclic) bond motifs is 1. The number of aromatic nitrogens is 3. The van der Waals surface area contributed by atoms with E-state index in [9.17, 15) is 0 Å². The first-order valence-corrected chi connectivity index (χ1v) is 6.81. The van der Waals surface area contributed by atoms with Gasteiger partial charge in [0.15, 0.2) is 0 Å². The van der Waals surface area contributed by atoms with E-state index in [1.165, 1.54) is 10.8 Å². The molecule has 0 atom stereocenters. The van der Waals surface area contributed by atoms with Gasteiger partial charge in [0.25, 0.3) is 0 Å². The summed E-state index contributed by atoms with van der Waals surface area (Å²) in [4.78, 5) is 0. The lowest BCUT2D eigenvalue weighted by Crippen LogP contribution is -2.10. The Morgan fingerprint density at radius 1 is 1.16 bits per heavy atom. The smallest absolute Gasteiger partial charge is 0.0783 e. The van der Waals surface area contributed by atoms with Crippen LogP contribution in [-0.2, 0) is 6.54 Å². The summed E-state index contributed by atoms with van der Waals surface area (Å²) in [6.45, 7) is 0.741. The van der Waals surface area contributed by atoms with Gasteiger partial charge in [0.1, 0.15) is 0 Å². The van der Waals surface area contributed by atoms with Gasteiger partial charge in [-0.15, -0.1) is 5.10 Å². The molecule has 0 amide bonds. The largest absolute Gasteiger partial charge is 0.314 e. The van der Waals surface area contributed by atoms with E-state index in [2.05, 4.69) is 61.9 Å². The average molecular weight is 317 g/mol. The number of hydrogen-bond acceptors (Lipinski definition) is 3. The minimum Gasteiger partial charge on any atom is -0.314 e. The Kier molecular flexibility index (Phi) is 3.31. The first-order valence-electron chi connectivity index (χ1n) is 6.02. The highest BCUT2D eigenvalue weighted by atomic mass is 79.9. The molecule has 0 aliphatic carbocycles. The minimum absolute atomic E-state index is 0.741. The maximum Gasteiger partial charge on any atom is 0.0783 e. The molecule has 0 bridgehead atoms. The monoisotopic (exact) mass is 316 g/mol. The summed E-state index contributed by atoms with van der Waals surface area (Å²) >= 11 is 3.49. The van der Waals surface area contributed by atoms with Gasteiger partial charge >= 0.3 is 0 Å². The highest BCUT2D eigenvalue weighted by Gasteiger charge is 2.06. The summed E-state index contributed by atoms with van der Waals surface area (Å²) in [6.07, 6.45) is 1.78. The number of nitrogens with one attached hydrogen (secondary N) is 1. The van der Waals surface area contributed by atoms with Crippen LogP contribution in [-0.4, -0.2) is 22.0 Å². The van der Waals surface area contributed by atoms with Crippen LogP contribution in [0.3, 0.4) is 0 Å². The van der Waals surface area contributed by atoms with Crippen molar-refractivity contribution in [3.8, 4) is 5.69 Å². The Morgan fingerprint density at radius 2 is 1.95 bits per heavy atom. The normalized spacial score (nSPS) is 11.1. The van der Waals surface area contributed by atoms with Gasteiger partial charge in [0.2, 0.25) is 0 Å². The van der Waals surface area contributed by atoms with E-state index in [1.807, 2.05) is 17.8 Å². The zero-order valence-corrected chi connectivity index (χ0v) is 12.1. The zero-order chi connectivity index (χ0) is 13.2. The fourth-order valence-corrected chi connectivity index (χ4v) is 2.49. The second kappa shape index (κ2) is 5.11. The van der Waals surface area contributed by atoms with E-state index >= 15 is 0 Å². The number of benzene rings is 2. The van der Waals surface area contributed by atoms with Crippen LogP contribution < -0.4 is 5.32 Å². The summed E-state index contributed by atoms with van der Waals surface area (Å²) < 4.78 is 2.95. The highest BCUT2D eigenvalue weighted by Crippen LogP contribution is 2.22. The molecule has 0 aliphatic heterocycles. The van der Waals surface area contributed by atoms with E-state index in [-0.39, 0.29) is 0 Å². The summed E-state index contributed by atoms with van der Waals surface area (Å²) in [5.74, 6) is 0. The van der Waals surface area contributed by atoms with E-state index in [0.29, 0.717) is 0 Å². The molecule has 0 radical (unpaired) electrons. The van der Waals surface area contributed by atoms with Crippen LogP contribution in [0, 0.1) is 0 Å². The second-order valence-corrected chi connectivity index (χ2v) is 5.26. The molecule has 19 heavy (non-hydrogen) atoms. The lowest BCUT2D eigenvalue weighted by atomic mass is 10.1. The molecule has 2 aromatic carbocycles. The first-order chi connectivity index (χ1) is 9.28. The lowest BCUT2D eigenvalue weighted by Gasteiger charge is -2.07. The highest BCUT2D eigenvalue weighted by molar-refractivity contribution is 9.10. The van der Waals surface area contributed by atoms with Crippen molar-refractivity contribution in [2.75, 3.05) is 7.05 Å². The maximum absolute atomic E-state index is 4.15. The maximum atomic E-state index is 4.15. The SMILES string of the molecule is CNCc1cnnn1-c1ccc2cc(Br)ccc2c1. The van der Waals surface area contributed by atoms with Crippen molar-refractivity contribution >= 4 is 26.7 Å². The van der Waals surface area contributed by atoms with E-state index in [4.69, 9.17) is 0 Å². The Labute approximate surface area is 119 Å². The van der Waals surface area contributed by atoms with Gasteiger partial charge in [0, 0.05) is 11.0 Å². The topological polar surface area (TPSA) is 42.7 Å². The average Bonchev–Trinajstić information content (AvgIpc) is 2.87. The molecule has 0 spiro atoms. The van der Waals surface area contributed by atoms with Crippen molar-refractivity contribution in [3.05, 3.63) is 52.8 Å². The van der Waals surface area contributed by atoms with Crippen molar-refractivity contribution < 1.29 is 0 Å². The van der Waals surface area contributed by atoms with Gasteiger partial charge in [-0.05, 0) is 42.1 Å². The third-order valence-corrected chi connectivity index (χ3v) is 3.50. The third kappa shape index (κ3) is 2.39.